The average Bonchev–Trinajstić information content (AvgIpc) is 2.81. The Bertz CT molecular complexity index is 700. The molecule has 1 aromatic heterocycles. The van der Waals surface area contributed by atoms with Gasteiger partial charge in [-0.05, 0) is 46.3 Å². The summed E-state index contributed by atoms with van der Waals surface area (Å²) in [7, 11) is -3.68. The van der Waals surface area contributed by atoms with Gasteiger partial charge in [0.25, 0.3) is 0 Å². The van der Waals surface area contributed by atoms with Crippen LogP contribution in [-0.4, -0.2) is 19.3 Å². The second kappa shape index (κ2) is 6.34. The Morgan fingerprint density at radius 2 is 2.05 bits per heavy atom. The van der Waals surface area contributed by atoms with Crippen LogP contribution in [0.15, 0.2) is 45.1 Å². The van der Waals surface area contributed by atoms with Gasteiger partial charge in [-0.3, -0.25) is 0 Å². The molecule has 0 amide bonds. The van der Waals surface area contributed by atoms with E-state index in [0.29, 0.717) is 6.54 Å². The molecule has 0 fully saturated rings. The third-order valence-corrected chi connectivity index (χ3v) is 6.27. The summed E-state index contributed by atoms with van der Waals surface area (Å²) in [5.41, 5.74) is 0. The molecule has 0 aliphatic heterocycles. The molecule has 108 valence electrons. The first-order chi connectivity index (χ1) is 9.43. The zero-order valence-corrected chi connectivity index (χ0v) is 13.9. The van der Waals surface area contributed by atoms with E-state index < -0.39 is 15.8 Å². The molecule has 1 aromatic carbocycles. The maximum absolute atomic E-state index is 13.2. The number of rotatable bonds is 5. The number of hydrogen-bond acceptors (Lipinski definition) is 3. The highest BCUT2D eigenvalue weighted by Crippen LogP contribution is 2.25. The summed E-state index contributed by atoms with van der Waals surface area (Å²) in [6.45, 7) is 2.37. The third-order valence-electron chi connectivity index (χ3n) is 2.75. The maximum Gasteiger partial charge on any atom is 0.243 e. The van der Waals surface area contributed by atoms with E-state index in [2.05, 4.69) is 15.9 Å². The van der Waals surface area contributed by atoms with Gasteiger partial charge in [0, 0.05) is 18.0 Å². The first kappa shape index (κ1) is 15.6. The van der Waals surface area contributed by atoms with E-state index in [4.69, 9.17) is 0 Å². The fourth-order valence-corrected chi connectivity index (χ4v) is 4.79. The Morgan fingerprint density at radius 1 is 1.30 bits per heavy atom. The van der Waals surface area contributed by atoms with Gasteiger partial charge < -0.3 is 0 Å². The minimum atomic E-state index is -3.68. The quantitative estimate of drug-likeness (QED) is 0.793. The number of halogens is 2. The summed E-state index contributed by atoms with van der Waals surface area (Å²) in [6, 6.07) is 8.83. The van der Waals surface area contributed by atoms with Crippen LogP contribution in [0.2, 0.25) is 0 Å². The Kier molecular flexibility index (Phi) is 4.95. The van der Waals surface area contributed by atoms with Gasteiger partial charge in [-0.15, -0.1) is 11.3 Å². The fraction of sp³-hybridized carbons (Fsp3) is 0.231. The van der Waals surface area contributed by atoms with Crippen LogP contribution in [0, 0.1) is 5.82 Å². The van der Waals surface area contributed by atoms with Crippen molar-refractivity contribution in [3.63, 3.8) is 0 Å². The monoisotopic (exact) mass is 377 g/mol. The van der Waals surface area contributed by atoms with Crippen molar-refractivity contribution in [3.05, 3.63) is 50.9 Å². The summed E-state index contributed by atoms with van der Waals surface area (Å²) in [5, 5.41) is 0. The zero-order chi connectivity index (χ0) is 14.8. The summed E-state index contributed by atoms with van der Waals surface area (Å²) >= 11 is 4.83. The molecular weight excluding hydrogens is 365 g/mol. The van der Waals surface area contributed by atoms with E-state index >= 15 is 0 Å². The van der Waals surface area contributed by atoms with Gasteiger partial charge in [0.2, 0.25) is 10.0 Å². The van der Waals surface area contributed by atoms with Crippen molar-refractivity contribution in [2.75, 3.05) is 6.54 Å². The van der Waals surface area contributed by atoms with Gasteiger partial charge in [-0.2, -0.15) is 4.31 Å². The van der Waals surface area contributed by atoms with Crippen molar-refractivity contribution in [2.24, 2.45) is 0 Å². The lowest BCUT2D eigenvalue weighted by atomic mass is 10.4. The molecule has 3 nitrogen and oxygen atoms in total. The van der Waals surface area contributed by atoms with E-state index in [1.807, 2.05) is 12.1 Å². The number of hydrogen-bond donors (Lipinski definition) is 0. The summed E-state index contributed by atoms with van der Waals surface area (Å²) in [6.07, 6.45) is 0. The molecule has 1 heterocycles. The lowest BCUT2D eigenvalue weighted by molar-refractivity contribution is 0.426. The van der Waals surface area contributed by atoms with Crippen molar-refractivity contribution in [3.8, 4) is 0 Å². The lowest BCUT2D eigenvalue weighted by Crippen LogP contribution is -2.30. The maximum atomic E-state index is 13.2. The molecule has 7 heteroatoms. The third kappa shape index (κ3) is 3.46. The molecule has 2 rings (SSSR count). The van der Waals surface area contributed by atoms with E-state index in [0.717, 1.165) is 14.7 Å². The Labute approximate surface area is 130 Å². The Hall–Kier alpha value is -0.760. The van der Waals surface area contributed by atoms with Crippen molar-refractivity contribution in [1.29, 1.82) is 0 Å². The highest BCUT2D eigenvalue weighted by atomic mass is 79.9. The largest absolute Gasteiger partial charge is 0.243 e. The van der Waals surface area contributed by atoms with E-state index in [9.17, 15) is 12.8 Å². The number of sulfonamides is 1. The van der Waals surface area contributed by atoms with Crippen LogP contribution in [-0.2, 0) is 16.6 Å². The standard InChI is InChI=1S/C13H13BrFNO2S2/c1-2-16(9-11-6-7-13(14)19-11)20(17,18)12-5-3-4-10(15)8-12/h3-8H,2,9H2,1H3. The zero-order valence-electron chi connectivity index (χ0n) is 10.7. The van der Waals surface area contributed by atoms with Crippen molar-refractivity contribution < 1.29 is 12.8 Å². The van der Waals surface area contributed by atoms with Crippen LogP contribution in [0.4, 0.5) is 4.39 Å². The Morgan fingerprint density at radius 3 is 2.60 bits per heavy atom. The van der Waals surface area contributed by atoms with Crippen LogP contribution in [0.1, 0.15) is 11.8 Å². The summed E-state index contributed by atoms with van der Waals surface area (Å²) in [5.74, 6) is -0.555. The predicted octanol–water partition coefficient (Wildman–Crippen LogP) is 3.86. The minimum Gasteiger partial charge on any atom is -0.207 e. The van der Waals surface area contributed by atoms with Gasteiger partial charge in [-0.25, -0.2) is 12.8 Å². The van der Waals surface area contributed by atoms with Crippen molar-refractivity contribution in [1.82, 2.24) is 4.31 Å². The molecule has 0 atom stereocenters. The highest BCUT2D eigenvalue weighted by Gasteiger charge is 2.24. The molecule has 0 N–H and O–H groups in total. The molecular formula is C13H13BrFNO2S2. The molecule has 0 saturated carbocycles. The normalized spacial score (nSPS) is 12.0. The van der Waals surface area contributed by atoms with Gasteiger partial charge in [0.1, 0.15) is 5.82 Å². The molecule has 0 bridgehead atoms. The van der Waals surface area contributed by atoms with Crippen molar-refractivity contribution in [2.45, 2.75) is 18.4 Å². The van der Waals surface area contributed by atoms with Crippen LogP contribution in [0.3, 0.4) is 0 Å². The van der Waals surface area contributed by atoms with E-state index in [-0.39, 0.29) is 11.4 Å². The van der Waals surface area contributed by atoms with Gasteiger partial charge in [0.15, 0.2) is 0 Å². The van der Waals surface area contributed by atoms with Gasteiger partial charge in [0.05, 0.1) is 8.68 Å². The molecule has 0 saturated heterocycles. The summed E-state index contributed by atoms with van der Waals surface area (Å²) in [4.78, 5) is 0.911. The number of benzene rings is 1. The molecule has 0 spiro atoms. The topological polar surface area (TPSA) is 37.4 Å². The number of thiophene rings is 1. The number of nitrogens with zero attached hydrogens (tertiary/aromatic N) is 1. The SMILES string of the molecule is CCN(Cc1ccc(Br)s1)S(=O)(=O)c1cccc(F)c1. The van der Waals surface area contributed by atoms with Crippen molar-refractivity contribution >= 4 is 37.3 Å². The van der Waals surface area contributed by atoms with Crippen LogP contribution >= 0.6 is 27.3 Å². The van der Waals surface area contributed by atoms with E-state index in [1.54, 1.807) is 6.92 Å². The van der Waals surface area contributed by atoms with Crippen LogP contribution in [0.5, 0.6) is 0 Å². The average molecular weight is 378 g/mol. The Balaban J connectivity index is 2.30. The van der Waals surface area contributed by atoms with Gasteiger partial charge >= 0.3 is 0 Å². The van der Waals surface area contributed by atoms with Gasteiger partial charge in [-0.1, -0.05) is 13.0 Å². The molecule has 0 aliphatic carbocycles. The molecule has 2 aromatic rings. The first-order valence-electron chi connectivity index (χ1n) is 5.93. The smallest absolute Gasteiger partial charge is 0.207 e. The highest BCUT2D eigenvalue weighted by molar-refractivity contribution is 9.11. The predicted molar refractivity (Wildman–Crippen MR) is 81.7 cm³/mol. The molecule has 20 heavy (non-hydrogen) atoms. The van der Waals surface area contributed by atoms with E-state index in [1.165, 1.54) is 33.8 Å². The van der Waals surface area contributed by atoms with Crippen LogP contribution in [0.25, 0.3) is 0 Å². The first-order valence-corrected chi connectivity index (χ1v) is 8.98. The molecule has 0 unspecified atom stereocenters. The second-order valence-corrected chi connectivity index (χ2v) is 8.58. The van der Waals surface area contributed by atoms with Crippen LogP contribution < -0.4 is 0 Å². The second-order valence-electron chi connectivity index (χ2n) is 4.09. The molecule has 0 aliphatic rings. The molecule has 0 radical (unpaired) electrons. The summed E-state index contributed by atoms with van der Waals surface area (Å²) < 4.78 is 40.4. The minimum absolute atomic E-state index is 0.0185. The lowest BCUT2D eigenvalue weighted by Gasteiger charge is -2.19. The fourth-order valence-electron chi connectivity index (χ4n) is 1.75.